The summed E-state index contributed by atoms with van der Waals surface area (Å²) in [6, 6.07) is 8.26. The van der Waals surface area contributed by atoms with E-state index in [-0.39, 0.29) is 11.8 Å². The van der Waals surface area contributed by atoms with Crippen LogP contribution in [-0.2, 0) is 6.42 Å². The number of benzene rings is 2. The molecule has 3 rings (SSSR count). The summed E-state index contributed by atoms with van der Waals surface area (Å²) in [4.78, 5) is 28.0. The van der Waals surface area contributed by atoms with Gasteiger partial charge in [0, 0.05) is 29.2 Å². The average Bonchev–Trinajstić information content (AvgIpc) is 2.79. The van der Waals surface area contributed by atoms with Crippen molar-refractivity contribution in [3.8, 4) is 11.5 Å². The molecule has 0 unspecified atom stereocenters. The van der Waals surface area contributed by atoms with Crippen LogP contribution in [0.3, 0.4) is 0 Å². The van der Waals surface area contributed by atoms with E-state index in [1.54, 1.807) is 43.5 Å². The molecule has 2 aromatic carbocycles. The monoisotopic (exact) mass is 442 g/mol. The molecule has 0 radical (unpaired) electrons. The van der Waals surface area contributed by atoms with Crippen LogP contribution >= 0.6 is 11.6 Å². The van der Waals surface area contributed by atoms with Gasteiger partial charge in [0.1, 0.15) is 0 Å². The molecular weight excluding hydrogens is 416 g/mol. The Balaban J connectivity index is 1.93. The number of allylic oxidation sites excluding steroid dienone is 1. The smallest absolute Gasteiger partial charge is 0.255 e. The topological polar surface area (TPSA) is 67.9 Å². The molecule has 6 nitrogen and oxygen atoms in total. The van der Waals surface area contributed by atoms with E-state index < -0.39 is 0 Å². The lowest BCUT2D eigenvalue weighted by molar-refractivity contribution is 0.0725. The number of piperidine rings is 1. The summed E-state index contributed by atoms with van der Waals surface area (Å²) < 4.78 is 10.8. The number of methoxy groups -OCH3 is 2. The zero-order valence-corrected chi connectivity index (χ0v) is 18.6. The summed E-state index contributed by atoms with van der Waals surface area (Å²) in [5.41, 5.74) is 1.96. The first-order valence-electron chi connectivity index (χ1n) is 10.2. The van der Waals surface area contributed by atoms with Crippen LogP contribution < -0.4 is 14.8 Å². The van der Waals surface area contributed by atoms with Gasteiger partial charge in [-0.25, -0.2) is 0 Å². The Labute approximate surface area is 187 Å². The van der Waals surface area contributed by atoms with Crippen LogP contribution in [0.4, 0.5) is 5.69 Å². The van der Waals surface area contributed by atoms with Crippen LogP contribution in [0.15, 0.2) is 43.0 Å². The molecule has 7 heteroatoms. The number of carbonyl (C=O) groups excluding carboxylic acids is 2. The standard InChI is InChI=1S/C24H27ClN2O4/c1-4-8-16-13-17(14-21(30-2)22(16)31-3)23(28)26-20-15-18(25)9-10-19(20)24(29)27-11-6-5-7-12-27/h4,9-10,13-15H,1,5-8,11-12H2,2-3H3,(H,26,28). The minimum absolute atomic E-state index is 0.105. The van der Waals surface area contributed by atoms with Crippen molar-refractivity contribution >= 4 is 29.1 Å². The molecular formula is C24H27ClN2O4. The lowest BCUT2D eigenvalue weighted by atomic mass is 10.0. The maximum Gasteiger partial charge on any atom is 0.255 e. The lowest BCUT2D eigenvalue weighted by Crippen LogP contribution is -2.36. The Kier molecular flexibility index (Phi) is 7.58. The predicted molar refractivity (Wildman–Crippen MR) is 123 cm³/mol. The highest BCUT2D eigenvalue weighted by atomic mass is 35.5. The number of hydrogen-bond donors (Lipinski definition) is 1. The molecule has 0 spiro atoms. The van der Waals surface area contributed by atoms with Crippen LogP contribution in [0.5, 0.6) is 11.5 Å². The van der Waals surface area contributed by atoms with Crippen LogP contribution in [0.1, 0.15) is 45.5 Å². The molecule has 2 aromatic rings. The number of carbonyl (C=O) groups is 2. The van der Waals surface area contributed by atoms with Crippen LogP contribution in [0, 0.1) is 0 Å². The van der Waals surface area contributed by atoms with Gasteiger partial charge in [-0.3, -0.25) is 9.59 Å². The highest BCUT2D eigenvalue weighted by Crippen LogP contribution is 2.34. The van der Waals surface area contributed by atoms with Crippen molar-refractivity contribution in [1.82, 2.24) is 4.90 Å². The van der Waals surface area contributed by atoms with Crippen LogP contribution in [0.2, 0.25) is 5.02 Å². The molecule has 1 aliphatic rings. The SMILES string of the molecule is C=CCc1cc(C(=O)Nc2cc(Cl)ccc2C(=O)N2CCCCC2)cc(OC)c1OC. The van der Waals surface area contributed by atoms with Crippen LogP contribution in [0.25, 0.3) is 0 Å². The maximum absolute atomic E-state index is 13.1. The van der Waals surface area contributed by atoms with Crippen molar-refractivity contribution in [2.45, 2.75) is 25.7 Å². The maximum atomic E-state index is 13.1. The molecule has 0 atom stereocenters. The summed E-state index contributed by atoms with van der Waals surface area (Å²) in [6.07, 6.45) is 5.33. The average molecular weight is 443 g/mol. The van der Waals surface area contributed by atoms with E-state index in [0.29, 0.717) is 39.8 Å². The van der Waals surface area contributed by atoms with Gasteiger partial charge in [0.15, 0.2) is 11.5 Å². The van der Waals surface area contributed by atoms with Crippen LogP contribution in [-0.4, -0.2) is 44.0 Å². The van der Waals surface area contributed by atoms with E-state index >= 15 is 0 Å². The van der Waals surface area contributed by atoms with Gasteiger partial charge in [-0.2, -0.15) is 0 Å². The summed E-state index contributed by atoms with van der Waals surface area (Å²) >= 11 is 6.17. The molecule has 2 amide bonds. The van der Waals surface area contributed by atoms with E-state index in [0.717, 1.165) is 37.9 Å². The number of halogens is 1. The number of hydrogen-bond acceptors (Lipinski definition) is 4. The van der Waals surface area contributed by atoms with E-state index in [1.165, 1.54) is 7.11 Å². The summed E-state index contributed by atoms with van der Waals surface area (Å²) in [7, 11) is 3.07. The molecule has 31 heavy (non-hydrogen) atoms. The highest BCUT2D eigenvalue weighted by Gasteiger charge is 2.23. The Morgan fingerprint density at radius 2 is 1.87 bits per heavy atom. The van der Waals surface area contributed by atoms with Gasteiger partial charge in [0.2, 0.25) is 0 Å². The first-order chi connectivity index (χ1) is 15.0. The molecule has 0 saturated carbocycles. The molecule has 0 aliphatic carbocycles. The van der Waals surface area contributed by atoms with Gasteiger partial charge >= 0.3 is 0 Å². The third-order valence-electron chi connectivity index (χ3n) is 5.29. The van der Waals surface area contributed by atoms with Gasteiger partial charge < -0.3 is 19.7 Å². The lowest BCUT2D eigenvalue weighted by Gasteiger charge is -2.27. The Hall–Kier alpha value is -2.99. The fourth-order valence-corrected chi connectivity index (χ4v) is 3.92. The molecule has 1 aliphatic heterocycles. The van der Waals surface area contributed by atoms with Gasteiger partial charge in [-0.15, -0.1) is 6.58 Å². The van der Waals surface area contributed by atoms with Gasteiger partial charge in [0.05, 0.1) is 25.5 Å². The normalized spacial score (nSPS) is 13.5. The van der Waals surface area contributed by atoms with Crippen molar-refractivity contribution in [2.24, 2.45) is 0 Å². The number of anilines is 1. The Bertz CT molecular complexity index is 984. The van der Waals surface area contributed by atoms with E-state index in [9.17, 15) is 9.59 Å². The minimum Gasteiger partial charge on any atom is -0.493 e. The van der Waals surface area contributed by atoms with Gasteiger partial charge in [-0.05, 0) is 56.0 Å². The summed E-state index contributed by atoms with van der Waals surface area (Å²) in [5, 5.41) is 3.29. The number of likely N-dealkylation sites (tertiary alicyclic amines) is 1. The molecule has 1 saturated heterocycles. The zero-order valence-electron chi connectivity index (χ0n) is 17.9. The summed E-state index contributed by atoms with van der Waals surface area (Å²) in [6.45, 7) is 5.20. The first kappa shape index (κ1) is 22.7. The molecule has 1 N–H and O–H groups in total. The largest absolute Gasteiger partial charge is 0.493 e. The third-order valence-corrected chi connectivity index (χ3v) is 5.52. The number of ether oxygens (including phenoxy) is 2. The highest BCUT2D eigenvalue weighted by molar-refractivity contribution is 6.31. The molecule has 1 fully saturated rings. The van der Waals surface area contributed by atoms with E-state index in [1.807, 2.05) is 4.90 Å². The first-order valence-corrected chi connectivity index (χ1v) is 10.6. The number of nitrogens with one attached hydrogen (secondary N) is 1. The van der Waals surface area contributed by atoms with Crippen molar-refractivity contribution in [2.75, 3.05) is 32.6 Å². The predicted octanol–water partition coefficient (Wildman–Crippen LogP) is 4.96. The van der Waals surface area contributed by atoms with Gasteiger partial charge in [0.25, 0.3) is 11.8 Å². The van der Waals surface area contributed by atoms with Crippen molar-refractivity contribution in [3.63, 3.8) is 0 Å². The minimum atomic E-state index is -0.374. The molecule has 0 aromatic heterocycles. The Morgan fingerprint density at radius 1 is 1.13 bits per heavy atom. The second-order valence-corrected chi connectivity index (χ2v) is 7.80. The van der Waals surface area contributed by atoms with Crippen molar-refractivity contribution in [3.05, 3.63) is 64.7 Å². The fraction of sp³-hybridized carbons (Fsp3) is 0.333. The molecule has 0 bridgehead atoms. The quantitative estimate of drug-likeness (QED) is 0.615. The fourth-order valence-electron chi connectivity index (χ4n) is 3.75. The molecule has 164 valence electrons. The third kappa shape index (κ3) is 5.20. The van der Waals surface area contributed by atoms with E-state index in [2.05, 4.69) is 11.9 Å². The zero-order chi connectivity index (χ0) is 22.4. The number of rotatable bonds is 7. The molecule has 1 heterocycles. The van der Waals surface area contributed by atoms with Crippen molar-refractivity contribution < 1.29 is 19.1 Å². The Morgan fingerprint density at radius 3 is 2.52 bits per heavy atom. The number of nitrogens with zero attached hydrogens (tertiary/aromatic N) is 1. The summed E-state index contributed by atoms with van der Waals surface area (Å²) in [5.74, 6) is 0.526. The van der Waals surface area contributed by atoms with Gasteiger partial charge in [-0.1, -0.05) is 17.7 Å². The van der Waals surface area contributed by atoms with Crippen molar-refractivity contribution in [1.29, 1.82) is 0 Å². The van der Waals surface area contributed by atoms with E-state index in [4.69, 9.17) is 21.1 Å². The second-order valence-electron chi connectivity index (χ2n) is 7.36. The second kappa shape index (κ2) is 10.4. The number of amides is 2.